The van der Waals surface area contributed by atoms with Gasteiger partial charge in [-0.25, -0.2) is 0 Å². The lowest BCUT2D eigenvalue weighted by Crippen LogP contribution is -2.20. The van der Waals surface area contributed by atoms with Gasteiger partial charge in [-0.2, -0.15) is 0 Å². The average Bonchev–Trinajstić information content (AvgIpc) is 2.25. The molecule has 90 valence electrons. The molecule has 0 aliphatic heterocycles. The fourth-order valence-electron chi connectivity index (χ4n) is 1.71. The summed E-state index contributed by atoms with van der Waals surface area (Å²) in [6.07, 6.45) is 7.52. The smallest absolute Gasteiger partial charge is 0.0302 e. The van der Waals surface area contributed by atoms with E-state index >= 15 is 0 Å². The normalized spacial score (nSPS) is 11.0. The predicted molar refractivity (Wildman–Crippen MR) is 69.6 cm³/mol. The van der Waals surface area contributed by atoms with Crippen molar-refractivity contribution in [2.75, 3.05) is 13.1 Å². The molecule has 0 aromatic carbocycles. The predicted octanol–water partition coefficient (Wildman–Crippen LogP) is 2.96. The molecular formula is C14H24N2. The van der Waals surface area contributed by atoms with Crippen LogP contribution in [0.25, 0.3) is 0 Å². The molecule has 2 nitrogen and oxygen atoms in total. The summed E-state index contributed by atoms with van der Waals surface area (Å²) in [5.74, 6) is 0.751. The first-order chi connectivity index (χ1) is 7.70. The molecule has 0 aliphatic rings. The summed E-state index contributed by atoms with van der Waals surface area (Å²) in [6.45, 7) is 8.91. The van der Waals surface area contributed by atoms with Gasteiger partial charge in [-0.1, -0.05) is 13.8 Å². The highest BCUT2D eigenvalue weighted by atomic mass is 14.8. The van der Waals surface area contributed by atoms with Crippen LogP contribution in [-0.2, 0) is 6.42 Å². The van der Waals surface area contributed by atoms with E-state index in [-0.39, 0.29) is 0 Å². The van der Waals surface area contributed by atoms with E-state index in [2.05, 4.69) is 37.1 Å². The molecule has 1 aromatic heterocycles. The Kier molecular flexibility index (Phi) is 6.09. The molecule has 0 spiro atoms. The second kappa shape index (κ2) is 7.39. The van der Waals surface area contributed by atoms with Crippen LogP contribution < -0.4 is 5.32 Å². The van der Waals surface area contributed by atoms with Gasteiger partial charge in [0, 0.05) is 12.4 Å². The number of aryl methyl sites for hydroxylation is 2. The summed E-state index contributed by atoms with van der Waals surface area (Å²) in [5, 5.41) is 3.47. The number of nitrogens with one attached hydrogen (secondary N) is 1. The molecule has 2 heteroatoms. The largest absolute Gasteiger partial charge is 0.316 e. The molecule has 0 saturated heterocycles. The van der Waals surface area contributed by atoms with E-state index in [0.29, 0.717) is 0 Å². The molecule has 0 unspecified atom stereocenters. The number of aromatic nitrogens is 1. The van der Waals surface area contributed by atoms with Gasteiger partial charge in [-0.05, 0) is 62.4 Å². The minimum atomic E-state index is 0.751. The zero-order valence-corrected chi connectivity index (χ0v) is 10.8. The maximum absolute atomic E-state index is 4.17. The molecular weight excluding hydrogens is 196 g/mol. The van der Waals surface area contributed by atoms with Crippen LogP contribution in [0.3, 0.4) is 0 Å². The lowest BCUT2D eigenvalue weighted by Gasteiger charge is -2.07. The Morgan fingerprint density at radius 3 is 2.81 bits per heavy atom. The van der Waals surface area contributed by atoms with E-state index in [0.717, 1.165) is 25.4 Å². The zero-order chi connectivity index (χ0) is 11.8. The highest BCUT2D eigenvalue weighted by Crippen LogP contribution is 2.08. The van der Waals surface area contributed by atoms with Crippen LogP contribution >= 0.6 is 0 Å². The van der Waals surface area contributed by atoms with Gasteiger partial charge in [-0.3, -0.25) is 4.98 Å². The van der Waals surface area contributed by atoms with E-state index < -0.39 is 0 Å². The van der Waals surface area contributed by atoms with Crippen LogP contribution in [0.1, 0.15) is 37.8 Å². The lowest BCUT2D eigenvalue weighted by molar-refractivity contribution is 0.535. The van der Waals surface area contributed by atoms with Crippen LogP contribution in [0.2, 0.25) is 0 Å². The monoisotopic (exact) mass is 220 g/mol. The van der Waals surface area contributed by atoms with Crippen molar-refractivity contribution in [3.63, 3.8) is 0 Å². The number of nitrogens with zero attached hydrogens (tertiary/aromatic N) is 1. The fraction of sp³-hybridized carbons (Fsp3) is 0.643. The summed E-state index contributed by atoms with van der Waals surface area (Å²) < 4.78 is 0. The van der Waals surface area contributed by atoms with Crippen molar-refractivity contribution in [3.05, 3.63) is 29.6 Å². The SMILES string of the molecule is Cc1ccncc1CCCCNCC(C)C. The van der Waals surface area contributed by atoms with Crippen molar-refractivity contribution >= 4 is 0 Å². The van der Waals surface area contributed by atoms with Crippen molar-refractivity contribution in [3.8, 4) is 0 Å². The second-order valence-electron chi connectivity index (χ2n) is 4.86. The Hall–Kier alpha value is -0.890. The van der Waals surface area contributed by atoms with Gasteiger partial charge in [0.1, 0.15) is 0 Å². The molecule has 0 saturated carbocycles. The van der Waals surface area contributed by atoms with Crippen molar-refractivity contribution in [2.24, 2.45) is 5.92 Å². The van der Waals surface area contributed by atoms with Gasteiger partial charge in [0.25, 0.3) is 0 Å². The first-order valence-electron chi connectivity index (χ1n) is 6.30. The lowest BCUT2D eigenvalue weighted by atomic mass is 10.1. The molecule has 0 amide bonds. The minimum absolute atomic E-state index is 0.751. The molecule has 0 aliphatic carbocycles. The number of unbranched alkanes of at least 4 members (excludes halogenated alkanes) is 1. The molecule has 1 aromatic rings. The van der Waals surface area contributed by atoms with Gasteiger partial charge in [-0.15, -0.1) is 0 Å². The van der Waals surface area contributed by atoms with Crippen molar-refractivity contribution in [1.82, 2.24) is 10.3 Å². The molecule has 16 heavy (non-hydrogen) atoms. The van der Waals surface area contributed by atoms with Gasteiger partial charge in [0.15, 0.2) is 0 Å². The summed E-state index contributed by atoms with van der Waals surface area (Å²) in [7, 11) is 0. The van der Waals surface area contributed by atoms with E-state index in [1.165, 1.54) is 24.0 Å². The van der Waals surface area contributed by atoms with E-state index in [1.807, 2.05) is 12.4 Å². The maximum atomic E-state index is 4.17. The third kappa shape index (κ3) is 5.26. The quantitative estimate of drug-likeness (QED) is 0.715. The number of hydrogen-bond donors (Lipinski definition) is 1. The van der Waals surface area contributed by atoms with Crippen molar-refractivity contribution in [1.29, 1.82) is 0 Å². The molecule has 1 heterocycles. The van der Waals surface area contributed by atoms with Crippen LogP contribution in [0.4, 0.5) is 0 Å². The number of hydrogen-bond acceptors (Lipinski definition) is 2. The highest BCUT2D eigenvalue weighted by Gasteiger charge is 1.98. The highest BCUT2D eigenvalue weighted by molar-refractivity contribution is 5.21. The number of pyridine rings is 1. The maximum Gasteiger partial charge on any atom is 0.0302 e. The van der Waals surface area contributed by atoms with Gasteiger partial charge in [0.05, 0.1) is 0 Å². The Bertz CT molecular complexity index is 295. The molecule has 0 bridgehead atoms. The average molecular weight is 220 g/mol. The molecule has 0 fully saturated rings. The van der Waals surface area contributed by atoms with E-state index in [1.54, 1.807) is 0 Å². The molecule has 1 rings (SSSR count). The summed E-state index contributed by atoms with van der Waals surface area (Å²) in [4.78, 5) is 4.17. The third-order valence-corrected chi connectivity index (χ3v) is 2.75. The Labute approximate surface area is 99.5 Å². The zero-order valence-electron chi connectivity index (χ0n) is 10.8. The van der Waals surface area contributed by atoms with Crippen LogP contribution in [-0.4, -0.2) is 18.1 Å². The standard InChI is InChI=1S/C14H24N2/c1-12(2)10-15-8-5-4-6-14-11-16-9-7-13(14)3/h7,9,11-12,15H,4-6,8,10H2,1-3H3. The van der Waals surface area contributed by atoms with E-state index in [9.17, 15) is 0 Å². The van der Waals surface area contributed by atoms with Crippen molar-refractivity contribution < 1.29 is 0 Å². The van der Waals surface area contributed by atoms with Crippen molar-refractivity contribution in [2.45, 2.75) is 40.0 Å². The number of rotatable bonds is 7. The summed E-state index contributed by atoms with van der Waals surface area (Å²) >= 11 is 0. The Balaban J connectivity index is 2.10. The Morgan fingerprint density at radius 2 is 2.12 bits per heavy atom. The van der Waals surface area contributed by atoms with Gasteiger partial charge < -0.3 is 5.32 Å². The van der Waals surface area contributed by atoms with Crippen LogP contribution in [0, 0.1) is 12.8 Å². The molecule has 1 N–H and O–H groups in total. The Morgan fingerprint density at radius 1 is 1.31 bits per heavy atom. The van der Waals surface area contributed by atoms with Gasteiger partial charge >= 0.3 is 0 Å². The fourth-order valence-corrected chi connectivity index (χ4v) is 1.71. The molecule has 0 atom stereocenters. The third-order valence-electron chi connectivity index (χ3n) is 2.75. The topological polar surface area (TPSA) is 24.9 Å². The van der Waals surface area contributed by atoms with Crippen LogP contribution in [0.5, 0.6) is 0 Å². The first kappa shape index (κ1) is 13.2. The van der Waals surface area contributed by atoms with Gasteiger partial charge in [0.2, 0.25) is 0 Å². The summed E-state index contributed by atoms with van der Waals surface area (Å²) in [5.41, 5.74) is 2.76. The minimum Gasteiger partial charge on any atom is -0.316 e. The second-order valence-corrected chi connectivity index (χ2v) is 4.86. The summed E-state index contributed by atoms with van der Waals surface area (Å²) in [6, 6.07) is 2.09. The van der Waals surface area contributed by atoms with Crippen LogP contribution in [0.15, 0.2) is 18.5 Å². The first-order valence-corrected chi connectivity index (χ1v) is 6.30. The van der Waals surface area contributed by atoms with E-state index in [4.69, 9.17) is 0 Å². The molecule has 0 radical (unpaired) electrons.